The van der Waals surface area contributed by atoms with Gasteiger partial charge in [0.15, 0.2) is 10.4 Å². The van der Waals surface area contributed by atoms with E-state index in [0.717, 1.165) is 32.4 Å². The molecule has 3 aliphatic rings. The third-order valence-electron chi connectivity index (χ3n) is 5.23. The van der Waals surface area contributed by atoms with E-state index in [9.17, 15) is 4.79 Å². The summed E-state index contributed by atoms with van der Waals surface area (Å²) in [6.45, 7) is 2.24. The fourth-order valence-electron chi connectivity index (χ4n) is 4.04. The summed E-state index contributed by atoms with van der Waals surface area (Å²) in [5.41, 5.74) is 1.22. The minimum absolute atomic E-state index is 0.129. The first-order chi connectivity index (χ1) is 11.7. The molecular weight excluding hydrogens is 370 g/mol. The van der Waals surface area contributed by atoms with Crippen LogP contribution >= 0.6 is 15.9 Å². The third-order valence-corrected chi connectivity index (χ3v) is 5.65. The zero-order chi connectivity index (χ0) is 16.5. The van der Waals surface area contributed by atoms with E-state index in [1.165, 1.54) is 5.56 Å². The van der Waals surface area contributed by atoms with Crippen molar-refractivity contribution in [2.45, 2.75) is 31.3 Å². The van der Waals surface area contributed by atoms with Crippen LogP contribution in [0.25, 0.3) is 0 Å². The molecule has 5 nitrogen and oxygen atoms in total. The average Bonchev–Trinajstić information content (AvgIpc) is 3.05. The molecule has 1 amide bonds. The predicted molar refractivity (Wildman–Crippen MR) is 93.7 cm³/mol. The highest BCUT2D eigenvalue weighted by molar-refractivity contribution is 9.10. The number of carbonyl (C=O) groups excluding carboxylic acids is 1. The number of halogens is 1. The maximum Gasteiger partial charge on any atom is 0.287 e. The Morgan fingerprint density at radius 2 is 2.17 bits per heavy atom. The lowest BCUT2D eigenvalue weighted by Crippen LogP contribution is -2.64. The van der Waals surface area contributed by atoms with Crippen molar-refractivity contribution in [2.24, 2.45) is 5.92 Å². The van der Waals surface area contributed by atoms with Gasteiger partial charge in [-0.15, -0.1) is 0 Å². The Bertz CT molecular complexity index is 710. The maximum atomic E-state index is 12.5. The molecule has 3 fully saturated rings. The molecule has 0 aromatic carbocycles. The van der Waals surface area contributed by atoms with Gasteiger partial charge in [-0.3, -0.25) is 14.7 Å². The lowest BCUT2D eigenvalue weighted by Gasteiger charge is -2.51. The van der Waals surface area contributed by atoms with Crippen LogP contribution in [0.1, 0.15) is 29.0 Å². The van der Waals surface area contributed by atoms with Crippen molar-refractivity contribution < 1.29 is 9.21 Å². The molecule has 0 radical (unpaired) electrons. The number of hydrogen-bond acceptors (Lipinski definition) is 4. The molecule has 2 aromatic heterocycles. The van der Waals surface area contributed by atoms with E-state index in [1.807, 2.05) is 12.3 Å². The number of aromatic nitrogens is 1. The average molecular weight is 390 g/mol. The second kappa shape index (κ2) is 6.69. The third kappa shape index (κ3) is 3.13. The van der Waals surface area contributed by atoms with Gasteiger partial charge in [0.1, 0.15) is 0 Å². The van der Waals surface area contributed by atoms with Crippen molar-refractivity contribution in [1.82, 2.24) is 15.2 Å². The first-order valence-corrected chi connectivity index (χ1v) is 9.19. The normalized spacial score (nSPS) is 28.7. The van der Waals surface area contributed by atoms with Crippen LogP contribution in [0.15, 0.2) is 45.7 Å². The number of carbonyl (C=O) groups is 1. The van der Waals surface area contributed by atoms with E-state index in [2.05, 4.69) is 37.2 Å². The summed E-state index contributed by atoms with van der Waals surface area (Å²) in [6.07, 6.45) is 6.93. The van der Waals surface area contributed by atoms with Crippen LogP contribution in [-0.2, 0) is 6.42 Å². The summed E-state index contributed by atoms with van der Waals surface area (Å²) in [6, 6.07) is 8.02. The molecule has 1 N–H and O–H groups in total. The molecule has 5 rings (SSSR count). The van der Waals surface area contributed by atoms with Crippen molar-refractivity contribution >= 4 is 21.8 Å². The van der Waals surface area contributed by atoms with Gasteiger partial charge in [-0.25, -0.2) is 0 Å². The quantitative estimate of drug-likeness (QED) is 0.873. The molecule has 0 saturated carbocycles. The maximum absolute atomic E-state index is 12.5. The van der Waals surface area contributed by atoms with Crippen LogP contribution < -0.4 is 5.32 Å². The van der Waals surface area contributed by atoms with Gasteiger partial charge < -0.3 is 9.73 Å². The van der Waals surface area contributed by atoms with Gasteiger partial charge in [-0.2, -0.15) is 0 Å². The Kier molecular flexibility index (Phi) is 4.41. The van der Waals surface area contributed by atoms with Gasteiger partial charge in [-0.05, 0) is 78.0 Å². The topological polar surface area (TPSA) is 58.4 Å². The Labute approximate surface area is 149 Å². The van der Waals surface area contributed by atoms with Crippen LogP contribution in [0.5, 0.6) is 0 Å². The molecule has 126 valence electrons. The van der Waals surface area contributed by atoms with Gasteiger partial charge in [0.2, 0.25) is 0 Å². The smallest absolute Gasteiger partial charge is 0.287 e. The summed E-state index contributed by atoms with van der Waals surface area (Å²) < 4.78 is 5.98. The minimum Gasteiger partial charge on any atom is -0.444 e. The molecule has 3 saturated heterocycles. The van der Waals surface area contributed by atoms with Crippen molar-refractivity contribution in [3.05, 3.63) is 52.7 Å². The second-order valence-corrected chi connectivity index (χ2v) is 7.39. The fourth-order valence-corrected chi connectivity index (χ4v) is 4.35. The molecule has 0 aliphatic carbocycles. The number of nitrogens with zero attached hydrogens (tertiary/aromatic N) is 2. The van der Waals surface area contributed by atoms with E-state index in [1.54, 1.807) is 18.3 Å². The number of furan rings is 1. The molecule has 24 heavy (non-hydrogen) atoms. The molecule has 6 heteroatoms. The van der Waals surface area contributed by atoms with Crippen LogP contribution in [-0.4, -0.2) is 41.0 Å². The van der Waals surface area contributed by atoms with Gasteiger partial charge in [0.05, 0.1) is 0 Å². The van der Waals surface area contributed by atoms with Crippen molar-refractivity contribution in [3.8, 4) is 0 Å². The molecule has 0 unspecified atom stereocenters. The van der Waals surface area contributed by atoms with Crippen LogP contribution in [0.4, 0.5) is 0 Å². The summed E-state index contributed by atoms with van der Waals surface area (Å²) in [7, 11) is 0. The van der Waals surface area contributed by atoms with E-state index in [-0.39, 0.29) is 11.9 Å². The summed E-state index contributed by atoms with van der Waals surface area (Å²) in [4.78, 5) is 19.3. The van der Waals surface area contributed by atoms with Crippen molar-refractivity contribution in [2.75, 3.05) is 13.1 Å². The van der Waals surface area contributed by atoms with Gasteiger partial charge in [0, 0.05) is 24.5 Å². The van der Waals surface area contributed by atoms with Crippen molar-refractivity contribution in [3.63, 3.8) is 0 Å². The first-order valence-electron chi connectivity index (χ1n) is 8.40. The van der Waals surface area contributed by atoms with E-state index < -0.39 is 0 Å². The summed E-state index contributed by atoms with van der Waals surface area (Å²) >= 11 is 3.25. The second-order valence-electron chi connectivity index (χ2n) is 6.61. The molecule has 0 spiro atoms. The minimum atomic E-state index is -0.129. The number of nitrogens with one attached hydrogen (secondary N) is 1. The Balaban J connectivity index is 1.53. The zero-order valence-electron chi connectivity index (χ0n) is 13.3. The Morgan fingerprint density at radius 1 is 1.33 bits per heavy atom. The van der Waals surface area contributed by atoms with Gasteiger partial charge in [0.25, 0.3) is 5.91 Å². The first kappa shape index (κ1) is 15.8. The Hall–Kier alpha value is -1.66. The lowest BCUT2D eigenvalue weighted by atomic mass is 9.76. The monoisotopic (exact) mass is 389 g/mol. The van der Waals surface area contributed by atoms with E-state index in [4.69, 9.17) is 4.42 Å². The molecule has 5 heterocycles. The standard InChI is InChI=1S/C18H20BrN3O2/c19-16-4-3-15(24-16)18(23)21-17-13-5-8-22(9-6-13)14(17)10-12-2-1-7-20-11-12/h1-4,7,11,13-14,17H,5-6,8-10H2,(H,21,23)/t14-,17+/m0/s1. The van der Waals surface area contributed by atoms with Gasteiger partial charge in [-0.1, -0.05) is 6.07 Å². The molecule has 2 aromatic rings. The Morgan fingerprint density at radius 3 is 2.83 bits per heavy atom. The largest absolute Gasteiger partial charge is 0.444 e. The highest BCUT2D eigenvalue weighted by Crippen LogP contribution is 2.34. The molecule has 3 aliphatic heterocycles. The highest BCUT2D eigenvalue weighted by Gasteiger charge is 2.43. The zero-order valence-corrected chi connectivity index (χ0v) is 14.9. The SMILES string of the molecule is O=C(N[C@@H]1C2CCN(CC2)[C@H]1Cc1cccnc1)c1ccc(Br)o1. The number of fused-ring (bicyclic) bond motifs is 3. The summed E-state index contributed by atoms with van der Waals surface area (Å²) in [5.74, 6) is 0.771. The number of hydrogen-bond donors (Lipinski definition) is 1. The molecular formula is C18H20BrN3O2. The van der Waals surface area contributed by atoms with Crippen LogP contribution in [0.2, 0.25) is 0 Å². The number of pyridine rings is 1. The lowest BCUT2D eigenvalue weighted by molar-refractivity contribution is 0.0130. The number of piperidine rings is 3. The van der Waals surface area contributed by atoms with Crippen molar-refractivity contribution in [1.29, 1.82) is 0 Å². The van der Waals surface area contributed by atoms with Crippen LogP contribution in [0, 0.1) is 5.92 Å². The highest BCUT2D eigenvalue weighted by atomic mass is 79.9. The molecule has 2 atom stereocenters. The summed E-state index contributed by atoms with van der Waals surface area (Å²) in [5, 5.41) is 3.23. The predicted octanol–water partition coefficient (Wildman–Crippen LogP) is 2.87. The fraction of sp³-hybridized carbons (Fsp3) is 0.444. The van der Waals surface area contributed by atoms with Crippen LogP contribution in [0.3, 0.4) is 0 Å². The van der Waals surface area contributed by atoms with E-state index >= 15 is 0 Å². The van der Waals surface area contributed by atoms with E-state index in [0.29, 0.717) is 22.4 Å². The number of rotatable bonds is 4. The van der Waals surface area contributed by atoms with Gasteiger partial charge >= 0.3 is 0 Å². The number of amides is 1. The molecule has 2 bridgehead atoms.